The number of para-hydroxylation sites is 1. The molecule has 7 heteroatoms. The molecule has 0 saturated heterocycles. The molecule has 25 heavy (non-hydrogen) atoms. The second-order valence-corrected chi connectivity index (χ2v) is 9.46. The van der Waals surface area contributed by atoms with Crippen LogP contribution in [0.25, 0.3) is 0 Å². The summed E-state index contributed by atoms with van der Waals surface area (Å²) in [6.45, 7) is 11.5. The van der Waals surface area contributed by atoms with Crippen LogP contribution in [0.3, 0.4) is 0 Å². The standard InChI is InChI=1S/C13H18N2O3S2.C5H12/c1-11(16)14-7-9-19-20-10-8-15-13(17)18-12-5-3-2-4-6-12;1-5(2,3)4/h2-6H,7-10H2,1H3,(H,14,16)(H,15,17);1-4H3. The van der Waals surface area contributed by atoms with Crippen molar-refractivity contribution >= 4 is 33.6 Å². The molecule has 0 atom stereocenters. The molecule has 0 radical (unpaired) electrons. The van der Waals surface area contributed by atoms with Gasteiger partial charge >= 0.3 is 6.09 Å². The van der Waals surface area contributed by atoms with Crippen molar-refractivity contribution in [2.75, 3.05) is 24.6 Å². The molecule has 1 aromatic rings. The maximum atomic E-state index is 11.4. The highest BCUT2D eigenvalue weighted by atomic mass is 33.1. The van der Waals surface area contributed by atoms with Crippen molar-refractivity contribution in [2.45, 2.75) is 34.6 Å². The normalized spacial score (nSPS) is 10.3. The Morgan fingerprint density at radius 2 is 1.44 bits per heavy atom. The molecule has 0 fully saturated rings. The average Bonchev–Trinajstić information content (AvgIpc) is 2.49. The lowest BCUT2D eigenvalue weighted by atomic mass is 10.0. The fraction of sp³-hybridized carbons (Fsp3) is 0.556. The fourth-order valence-corrected chi connectivity index (χ4v) is 3.03. The first-order chi connectivity index (χ1) is 11.7. The van der Waals surface area contributed by atoms with Crippen molar-refractivity contribution < 1.29 is 14.3 Å². The smallest absolute Gasteiger partial charge is 0.410 e. The van der Waals surface area contributed by atoms with E-state index in [4.69, 9.17) is 4.74 Å². The van der Waals surface area contributed by atoms with Gasteiger partial charge in [0.25, 0.3) is 0 Å². The molecule has 0 saturated carbocycles. The van der Waals surface area contributed by atoms with E-state index in [0.29, 0.717) is 24.3 Å². The van der Waals surface area contributed by atoms with E-state index in [1.54, 1.807) is 33.7 Å². The minimum atomic E-state index is -0.444. The van der Waals surface area contributed by atoms with E-state index in [0.717, 1.165) is 11.5 Å². The van der Waals surface area contributed by atoms with E-state index in [1.807, 2.05) is 18.2 Å². The number of carbonyl (C=O) groups excluding carboxylic acids is 2. The van der Waals surface area contributed by atoms with E-state index >= 15 is 0 Å². The zero-order chi connectivity index (χ0) is 19.1. The summed E-state index contributed by atoms with van der Waals surface area (Å²) >= 11 is 0. The summed E-state index contributed by atoms with van der Waals surface area (Å²) in [5.41, 5.74) is 0.500. The minimum absolute atomic E-state index is 0.0130. The van der Waals surface area contributed by atoms with Gasteiger partial charge in [-0.1, -0.05) is 67.5 Å². The van der Waals surface area contributed by atoms with Gasteiger partial charge in [0.2, 0.25) is 5.91 Å². The first-order valence-corrected chi connectivity index (χ1v) is 10.7. The predicted molar refractivity (Wildman–Crippen MR) is 109 cm³/mol. The third-order valence-electron chi connectivity index (χ3n) is 2.05. The molecule has 0 unspecified atom stereocenters. The Labute approximate surface area is 159 Å². The van der Waals surface area contributed by atoms with Crippen LogP contribution in [0.4, 0.5) is 4.79 Å². The van der Waals surface area contributed by atoms with Crippen LogP contribution in [-0.4, -0.2) is 36.6 Å². The largest absolute Gasteiger partial charge is 0.412 e. The molecule has 0 aliphatic carbocycles. The molecule has 1 rings (SSSR count). The second-order valence-electron chi connectivity index (χ2n) is 6.76. The number of hydrogen-bond donors (Lipinski definition) is 2. The summed E-state index contributed by atoms with van der Waals surface area (Å²) in [6.07, 6.45) is -0.444. The van der Waals surface area contributed by atoms with Gasteiger partial charge in [-0.05, 0) is 17.5 Å². The molecule has 0 heterocycles. The third kappa shape index (κ3) is 20.6. The van der Waals surface area contributed by atoms with Crippen molar-refractivity contribution in [3.05, 3.63) is 30.3 Å². The Morgan fingerprint density at radius 3 is 1.92 bits per heavy atom. The summed E-state index contributed by atoms with van der Waals surface area (Å²) in [5, 5.41) is 5.39. The van der Waals surface area contributed by atoms with Crippen LogP contribution in [0.2, 0.25) is 0 Å². The molecule has 2 N–H and O–H groups in total. The lowest BCUT2D eigenvalue weighted by Crippen LogP contribution is -2.28. The van der Waals surface area contributed by atoms with Gasteiger partial charge in [-0.25, -0.2) is 4.79 Å². The van der Waals surface area contributed by atoms with Crippen LogP contribution in [-0.2, 0) is 4.79 Å². The van der Waals surface area contributed by atoms with Crippen molar-refractivity contribution in [1.29, 1.82) is 0 Å². The Kier molecular flexibility index (Phi) is 13.2. The summed E-state index contributed by atoms with van der Waals surface area (Å²) in [5.74, 6) is 2.15. The zero-order valence-electron chi connectivity index (χ0n) is 15.8. The lowest BCUT2D eigenvalue weighted by Gasteiger charge is -2.06. The van der Waals surface area contributed by atoms with Gasteiger partial charge in [0.15, 0.2) is 0 Å². The van der Waals surface area contributed by atoms with Crippen LogP contribution in [0.5, 0.6) is 5.75 Å². The number of benzene rings is 1. The highest BCUT2D eigenvalue weighted by Gasteiger charge is 2.02. The third-order valence-corrected chi connectivity index (χ3v) is 4.46. The maximum Gasteiger partial charge on any atom is 0.412 e. The van der Waals surface area contributed by atoms with Gasteiger partial charge in [-0.2, -0.15) is 0 Å². The quantitative estimate of drug-likeness (QED) is 0.514. The average molecular weight is 387 g/mol. The summed E-state index contributed by atoms with van der Waals surface area (Å²) < 4.78 is 5.07. The molecule has 5 nitrogen and oxygen atoms in total. The Hall–Kier alpha value is -1.34. The van der Waals surface area contributed by atoms with Crippen LogP contribution >= 0.6 is 21.6 Å². The number of rotatable bonds is 8. The van der Waals surface area contributed by atoms with E-state index in [-0.39, 0.29) is 5.91 Å². The molecule has 142 valence electrons. The number of ether oxygens (including phenoxy) is 1. The van der Waals surface area contributed by atoms with Crippen LogP contribution in [0.15, 0.2) is 30.3 Å². The van der Waals surface area contributed by atoms with E-state index < -0.39 is 6.09 Å². The van der Waals surface area contributed by atoms with Gasteiger partial charge in [0, 0.05) is 31.5 Å². The Morgan fingerprint density at radius 1 is 0.960 bits per heavy atom. The molecule has 0 spiro atoms. The topological polar surface area (TPSA) is 67.4 Å². The lowest BCUT2D eigenvalue weighted by molar-refractivity contribution is -0.118. The first-order valence-electron chi connectivity index (χ1n) is 8.18. The molecule has 1 aromatic carbocycles. The van der Waals surface area contributed by atoms with E-state index in [9.17, 15) is 9.59 Å². The molecule has 0 aliphatic heterocycles. The summed E-state index contributed by atoms with van der Waals surface area (Å²) in [7, 11) is 3.31. The fourth-order valence-electron chi connectivity index (χ4n) is 1.21. The van der Waals surface area contributed by atoms with Crippen molar-refractivity contribution in [3.8, 4) is 5.75 Å². The van der Waals surface area contributed by atoms with Crippen LogP contribution < -0.4 is 15.4 Å². The highest BCUT2D eigenvalue weighted by molar-refractivity contribution is 8.76. The predicted octanol–water partition coefficient (Wildman–Crippen LogP) is 4.34. The molecular formula is C18H30N2O3S2. The van der Waals surface area contributed by atoms with Gasteiger partial charge in [0.05, 0.1) is 0 Å². The minimum Gasteiger partial charge on any atom is -0.410 e. The van der Waals surface area contributed by atoms with Crippen molar-refractivity contribution in [3.63, 3.8) is 0 Å². The Bertz CT molecular complexity index is 485. The van der Waals surface area contributed by atoms with Gasteiger partial charge < -0.3 is 15.4 Å². The van der Waals surface area contributed by atoms with Gasteiger partial charge in [-0.3, -0.25) is 4.79 Å². The maximum absolute atomic E-state index is 11.4. The van der Waals surface area contributed by atoms with E-state index in [1.165, 1.54) is 6.92 Å². The molecule has 2 amide bonds. The van der Waals surface area contributed by atoms with Crippen LogP contribution in [0.1, 0.15) is 34.6 Å². The van der Waals surface area contributed by atoms with Crippen molar-refractivity contribution in [2.24, 2.45) is 5.41 Å². The van der Waals surface area contributed by atoms with Crippen LogP contribution in [0, 0.1) is 5.41 Å². The molecule has 0 bridgehead atoms. The van der Waals surface area contributed by atoms with E-state index in [2.05, 4.69) is 38.3 Å². The zero-order valence-corrected chi connectivity index (χ0v) is 17.4. The first kappa shape index (κ1) is 23.7. The monoisotopic (exact) mass is 386 g/mol. The summed E-state index contributed by atoms with van der Waals surface area (Å²) in [4.78, 5) is 22.0. The second kappa shape index (κ2) is 13.9. The SMILES string of the molecule is CC(=O)NCCSSCCNC(=O)Oc1ccccc1.CC(C)(C)C. The number of nitrogens with one attached hydrogen (secondary N) is 2. The van der Waals surface area contributed by atoms with Gasteiger partial charge in [-0.15, -0.1) is 0 Å². The van der Waals surface area contributed by atoms with Gasteiger partial charge in [0.1, 0.15) is 5.75 Å². The summed E-state index contributed by atoms with van der Waals surface area (Å²) in [6, 6.07) is 8.94. The number of hydrogen-bond acceptors (Lipinski definition) is 5. The molecule has 0 aliphatic rings. The molecular weight excluding hydrogens is 356 g/mol. The van der Waals surface area contributed by atoms with Crippen molar-refractivity contribution in [1.82, 2.24) is 10.6 Å². The molecule has 0 aromatic heterocycles. The number of amides is 2. The highest BCUT2D eigenvalue weighted by Crippen LogP contribution is 2.19. The number of carbonyl (C=O) groups is 2. The Balaban J connectivity index is 0.00000101.